The van der Waals surface area contributed by atoms with Crippen molar-refractivity contribution in [3.63, 3.8) is 0 Å². The Morgan fingerprint density at radius 3 is 2.60 bits per heavy atom. The highest BCUT2D eigenvalue weighted by Gasteiger charge is 2.24. The first-order valence-electron chi connectivity index (χ1n) is 10.0. The van der Waals surface area contributed by atoms with E-state index in [0.717, 1.165) is 25.4 Å². The van der Waals surface area contributed by atoms with Crippen molar-refractivity contribution in [2.75, 3.05) is 65.6 Å². The number of nitrogens with one attached hydrogen (secondary N) is 2. The Bertz CT molecular complexity index is 755. The summed E-state index contributed by atoms with van der Waals surface area (Å²) >= 11 is 0. The van der Waals surface area contributed by atoms with Crippen LogP contribution in [-0.2, 0) is 14.6 Å². The molecule has 10 heteroatoms. The van der Waals surface area contributed by atoms with Crippen LogP contribution in [0, 0.1) is 0 Å². The fourth-order valence-electron chi connectivity index (χ4n) is 3.33. The zero-order valence-electron chi connectivity index (χ0n) is 18.1. The molecule has 8 nitrogen and oxygen atoms in total. The molecule has 1 unspecified atom stereocenters. The normalized spacial score (nSPS) is 16.0. The number of ether oxygens (including phenoxy) is 2. The SMILES string of the molecule is CN=C(NCCOCCS(C)(=O)=O)NCC(c1cccc(OC)c1)N1CCCC1.I. The molecular formula is C20H35IN4O4S. The molecule has 0 amide bonds. The molecule has 0 radical (unpaired) electrons. The van der Waals surface area contributed by atoms with Gasteiger partial charge in [-0.15, -0.1) is 24.0 Å². The molecule has 2 N–H and O–H groups in total. The highest BCUT2D eigenvalue weighted by molar-refractivity contribution is 14.0. The lowest BCUT2D eigenvalue weighted by Crippen LogP contribution is -2.43. The minimum absolute atomic E-state index is 0. The van der Waals surface area contributed by atoms with Crippen LogP contribution < -0.4 is 15.4 Å². The predicted octanol–water partition coefficient (Wildman–Crippen LogP) is 1.68. The van der Waals surface area contributed by atoms with Gasteiger partial charge in [0.15, 0.2) is 5.96 Å². The Hall–Kier alpha value is -1.11. The van der Waals surface area contributed by atoms with Crippen molar-refractivity contribution in [3.8, 4) is 5.75 Å². The third kappa shape index (κ3) is 9.80. The highest BCUT2D eigenvalue weighted by Crippen LogP contribution is 2.27. The molecule has 172 valence electrons. The number of guanidine groups is 1. The third-order valence-corrected chi connectivity index (χ3v) is 5.79. The van der Waals surface area contributed by atoms with Crippen molar-refractivity contribution in [3.05, 3.63) is 29.8 Å². The van der Waals surface area contributed by atoms with E-state index >= 15 is 0 Å². The van der Waals surface area contributed by atoms with Gasteiger partial charge in [0.1, 0.15) is 15.6 Å². The van der Waals surface area contributed by atoms with Crippen molar-refractivity contribution in [1.82, 2.24) is 15.5 Å². The van der Waals surface area contributed by atoms with E-state index in [4.69, 9.17) is 9.47 Å². The standard InChI is InChI=1S/C20H34N4O4S.HI/c1-21-20(22-9-12-28-13-14-29(3,25)26)23-16-19(24-10-4-5-11-24)17-7-6-8-18(15-17)27-2;/h6-8,15,19H,4-5,9-14,16H2,1-3H3,(H2,21,22,23);1H. The van der Waals surface area contributed by atoms with Crippen LogP contribution in [0.5, 0.6) is 5.75 Å². The largest absolute Gasteiger partial charge is 0.497 e. The zero-order valence-corrected chi connectivity index (χ0v) is 21.2. The average Bonchev–Trinajstić information content (AvgIpc) is 3.23. The van der Waals surface area contributed by atoms with Gasteiger partial charge in [0.25, 0.3) is 0 Å². The molecule has 2 rings (SSSR count). The Kier molecular flexibility index (Phi) is 12.6. The Balaban J connectivity index is 0.00000450. The second kappa shape index (κ2) is 14.0. The van der Waals surface area contributed by atoms with Gasteiger partial charge in [-0.2, -0.15) is 0 Å². The van der Waals surface area contributed by atoms with Crippen LogP contribution in [0.1, 0.15) is 24.4 Å². The first kappa shape index (κ1) is 26.9. The highest BCUT2D eigenvalue weighted by atomic mass is 127. The monoisotopic (exact) mass is 554 g/mol. The fraction of sp³-hybridized carbons (Fsp3) is 0.650. The number of hydrogen-bond acceptors (Lipinski definition) is 6. The molecule has 1 aliphatic heterocycles. The molecule has 1 heterocycles. The maximum absolute atomic E-state index is 11.1. The van der Waals surface area contributed by atoms with Crippen molar-refractivity contribution in [2.24, 2.45) is 4.99 Å². The van der Waals surface area contributed by atoms with E-state index in [-0.39, 0.29) is 42.4 Å². The summed E-state index contributed by atoms with van der Waals surface area (Å²) in [5.74, 6) is 1.60. The summed E-state index contributed by atoms with van der Waals surface area (Å²) in [6.45, 7) is 4.08. The maximum atomic E-state index is 11.1. The summed E-state index contributed by atoms with van der Waals surface area (Å²) in [6, 6.07) is 8.45. The topological polar surface area (TPSA) is 92.3 Å². The van der Waals surface area contributed by atoms with Crippen molar-refractivity contribution < 1.29 is 17.9 Å². The summed E-state index contributed by atoms with van der Waals surface area (Å²) in [6.07, 6.45) is 3.65. The van der Waals surface area contributed by atoms with Gasteiger partial charge in [0.05, 0.1) is 32.1 Å². The van der Waals surface area contributed by atoms with E-state index in [1.807, 2.05) is 12.1 Å². The Morgan fingerprint density at radius 1 is 1.23 bits per heavy atom. The molecule has 1 atom stereocenters. The van der Waals surface area contributed by atoms with Crippen LogP contribution in [0.2, 0.25) is 0 Å². The van der Waals surface area contributed by atoms with Gasteiger partial charge >= 0.3 is 0 Å². The van der Waals surface area contributed by atoms with E-state index in [2.05, 4.69) is 32.7 Å². The van der Waals surface area contributed by atoms with E-state index in [1.165, 1.54) is 24.7 Å². The molecule has 1 fully saturated rings. The predicted molar refractivity (Wildman–Crippen MR) is 132 cm³/mol. The number of methoxy groups -OCH3 is 1. The lowest BCUT2D eigenvalue weighted by Gasteiger charge is -2.29. The van der Waals surface area contributed by atoms with Gasteiger partial charge in [0, 0.05) is 26.4 Å². The minimum atomic E-state index is -2.99. The van der Waals surface area contributed by atoms with E-state index in [0.29, 0.717) is 19.1 Å². The van der Waals surface area contributed by atoms with Crippen LogP contribution in [-0.4, -0.2) is 84.8 Å². The van der Waals surface area contributed by atoms with E-state index < -0.39 is 9.84 Å². The number of likely N-dealkylation sites (tertiary alicyclic amines) is 1. The molecule has 1 saturated heterocycles. The zero-order chi connectivity index (χ0) is 21.1. The molecular weight excluding hydrogens is 519 g/mol. The lowest BCUT2D eigenvalue weighted by atomic mass is 10.1. The number of hydrogen-bond donors (Lipinski definition) is 2. The minimum Gasteiger partial charge on any atom is -0.497 e. The van der Waals surface area contributed by atoms with Gasteiger partial charge in [0.2, 0.25) is 0 Å². The van der Waals surface area contributed by atoms with Crippen molar-refractivity contribution in [2.45, 2.75) is 18.9 Å². The fourth-order valence-corrected chi connectivity index (χ4v) is 3.75. The number of nitrogens with zero attached hydrogens (tertiary/aromatic N) is 2. The van der Waals surface area contributed by atoms with Crippen LogP contribution in [0.25, 0.3) is 0 Å². The van der Waals surface area contributed by atoms with Gasteiger partial charge in [-0.1, -0.05) is 12.1 Å². The van der Waals surface area contributed by atoms with E-state index in [9.17, 15) is 8.42 Å². The van der Waals surface area contributed by atoms with Crippen molar-refractivity contribution >= 4 is 39.8 Å². The van der Waals surface area contributed by atoms with Crippen molar-refractivity contribution in [1.29, 1.82) is 0 Å². The summed E-state index contributed by atoms with van der Waals surface area (Å²) in [7, 11) is 0.434. The summed E-state index contributed by atoms with van der Waals surface area (Å²) < 4.78 is 32.9. The quantitative estimate of drug-likeness (QED) is 0.186. The second-order valence-electron chi connectivity index (χ2n) is 7.16. The molecule has 30 heavy (non-hydrogen) atoms. The van der Waals surface area contributed by atoms with E-state index in [1.54, 1.807) is 14.2 Å². The molecule has 1 aromatic rings. The number of halogens is 1. The Labute approximate surface area is 197 Å². The third-order valence-electron chi connectivity index (χ3n) is 4.88. The van der Waals surface area contributed by atoms with Crippen LogP contribution >= 0.6 is 24.0 Å². The van der Waals surface area contributed by atoms with Crippen LogP contribution in [0.3, 0.4) is 0 Å². The number of aliphatic imine (C=N–C) groups is 1. The maximum Gasteiger partial charge on any atom is 0.191 e. The smallest absolute Gasteiger partial charge is 0.191 e. The van der Waals surface area contributed by atoms with Crippen LogP contribution in [0.4, 0.5) is 0 Å². The van der Waals surface area contributed by atoms with Gasteiger partial charge in [-0.05, 0) is 43.6 Å². The molecule has 0 saturated carbocycles. The number of sulfone groups is 1. The lowest BCUT2D eigenvalue weighted by molar-refractivity contribution is 0.154. The van der Waals surface area contributed by atoms with Gasteiger partial charge in [-0.3, -0.25) is 9.89 Å². The molecule has 1 aliphatic rings. The number of benzene rings is 1. The summed E-state index contributed by atoms with van der Waals surface area (Å²) in [5, 5.41) is 6.61. The number of rotatable bonds is 11. The van der Waals surface area contributed by atoms with Gasteiger partial charge in [-0.25, -0.2) is 8.42 Å². The molecule has 0 aromatic heterocycles. The molecule has 0 spiro atoms. The summed E-state index contributed by atoms with van der Waals surface area (Å²) in [5.41, 5.74) is 1.22. The van der Waals surface area contributed by atoms with Gasteiger partial charge < -0.3 is 20.1 Å². The first-order chi connectivity index (χ1) is 13.9. The first-order valence-corrected chi connectivity index (χ1v) is 12.1. The molecule has 1 aromatic carbocycles. The summed E-state index contributed by atoms with van der Waals surface area (Å²) in [4.78, 5) is 6.76. The Morgan fingerprint density at radius 2 is 1.97 bits per heavy atom. The molecule has 0 bridgehead atoms. The van der Waals surface area contributed by atoms with Crippen LogP contribution in [0.15, 0.2) is 29.3 Å². The average molecular weight is 554 g/mol. The second-order valence-corrected chi connectivity index (χ2v) is 9.42. The molecule has 0 aliphatic carbocycles.